The lowest BCUT2D eigenvalue weighted by Gasteiger charge is -2.19. The van der Waals surface area contributed by atoms with Crippen LogP contribution < -0.4 is 0 Å². The van der Waals surface area contributed by atoms with Gasteiger partial charge in [-0.25, -0.2) is 0 Å². The van der Waals surface area contributed by atoms with E-state index in [4.69, 9.17) is 9.63 Å². The van der Waals surface area contributed by atoms with Gasteiger partial charge in [-0.1, -0.05) is 19.0 Å². The van der Waals surface area contributed by atoms with Crippen molar-refractivity contribution in [3.8, 4) is 11.4 Å². The van der Waals surface area contributed by atoms with Crippen LogP contribution in [0.2, 0.25) is 0 Å². The standard InChI is InChI=1S/C15H18N2O3S/c1-15(2,9-13(18)19)8-12-16-14(17-20-12)10-4-6-11(21-3)7-5-10/h4-7H,8-9H2,1-3H3,(H,18,19). The first-order valence-electron chi connectivity index (χ1n) is 6.58. The normalized spacial score (nSPS) is 11.6. The molecule has 2 aromatic rings. The minimum Gasteiger partial charge on any atom is -0.481 e. The maximum atomic E-state index is 10.8. The molecule has 0 amide bonds. The molecule has 0 spiro atoms. The van der Waals surface area contributed by atoms with Crippen LogP contribution in [0.25, 0.3) is 11.4 Å². The van der Waals surface area contributed by atoms with Gasteiger partial charge in [-0.3, -0.25) is 4.79 Å². The molecule has 0 unspecified atom stereocenters. The van der Waals surface area contributed by atoms with Crippen molar-refractivity contribution >= 4 is 17.7 Å². The van der Waals surface area contributed by atoms with Gasteiger partial charge in [0.05, 0.1) is 6.42 Å². The molecule has 1 aromatic carbocycles. The maximum absolute atomic E-state index is 10.8. The van der Waals surface area contributed by atoms with Crippen LogP contribution in [0.4, 0.5) is 0 Å². The minimum absolute atomic E-state index is 0.0626. The molecule has 6 heteroatoms. The Morgan fingerprint density at radius 2 is 2.00 bits per heavy atom. The monoisotopic (exact) mass is 306 g/mol. The number of benzene rings is 1. The Morgan fingerprint density at radius 1 is 1.33 bits per heavy atom. The highest BCUT2D eigenvalue weighted by Gasteiger charge is 2.25. The van der Waals surface area contributed by atoms with Gasteiger partial charge in [-0.15, -0.1) is 11.8 Å². The summed E-state index contributed by atoms with van der Waals surface area (Å²) < 4.78 is 5.23. The number of rotatable bonds is 6. The minimum atomic E-state index is -0.826. The number of hydrogen-bond donors (Lipinski definition) is 1. The Kier molecular flexibility index (Phi) is 4.67. The van der Waals surface area contributed by atoms with E-state index in [0.29, 0.717) is 18.1 Å². The summed E-state index contributed by atoms with van der Waals surface area (Å²) in [5.41, 5.74) is 0.470. The summed E-state index contributed by atoms with van der Waals surface area (Å²) in [6.45, 7) is 3.75. The summed E-state index contributed by atoms with van der Waals surface area (Å²) in [5.74, 6) is 0.168. The molecule has 0 aliphatic rings. The lowest BCUT2D eigenvalue weighted by Crippen LogP contribution is -2.19. The first-order chi connectivity index (χ1) is 9.89. The first-order valence-corrected chi connectivity index (χ1v) is 7.81. The number of carboxylic acids is 1. The Morgan fingerprint density at radius 3 is 2.57 bits per heavy atom. The molecule has 21 heavy (non-hydrogen) atoms. The second-order valence-electron chi connectivity index (χ2n) is 5.65. The highest BCUT2D eigenvalue weighted by molar-refractivity contribution is 7.98. The van der Waals surface area contributed by atoms with Gasteiger partial charge in [0, 0.05) is 16.9 Å². The predicted molar refractivity (Wildman–Crippen MR) is 81.3 cm³/mol. The Labute approximate surface area is 127 Å². The molecular formula is C15H18N2O3S. The van der Waals surface area contributed by atoms with E-state index in [9.17, 15) is 4.79 Å². The van der Waals surface area contributed by atoms with Gasteiger partial charge in [0.25, 0.3) is 0 Å². The van der Waals surface area contributed by atoms with Gasteiger partial charge in [-0.05, 0) is 35.9 Å². The third-order valence-corrected chi connectivity index (χ3v) is 3.82. The van der Waals surface area contributed by atoms with E-state index in [0.717, 1.165) is 5.56 Å². The summed E-state index contributed by atoms with van der Waals surface area (Å²) in [6, 6.07) is 7.90. The SMILES string of the molecule is CSc1ccc(-c2noc(CC(C)(C)CC(=O)O)n2)cc1. The van der Waals surface area contributed by atoms with Crippen LogP contribution in [0.3, 0.4) is 0 Å². The van der Waals surface area contributed by atoms with Crippen molar-refractivity contribution in [2.45, 2.75) is 31.6 Å². The zero-order chi connectivity index (χ0) is 15.5. The molecule has 1 N–H and O–H groups in total. The molecule has 1 aromatic heterocycles. The molecule has 112 valence electrons. The van der Waals surface area contributed by atoms with E-state index in [2.05, 4.69) is 10.1 Å². The number of hydrogen-bond acceptors (Lipinski definition) is 5. The van der Waals surface area contributed by atoms with Crippen LogP contribution in [-0.4, -0.2) is 27.5 Å². The Hall–Kier alpha value is -1.82. The number of nitrogens with zero attached hydrogens (tertiary/aromatic N) is 2. The number of carbonyl (C=O) groups is 1. The number of thioether (sulfide) groups is 1. The highest BCUT2D eigenvalue weighted by atomic mass is 32.2. The molecule has 0 saturated carbocycles. The molecule has 0 fully saturated rings. The van der Waals surface area contributed by atoms with Crippen LogP contribution in [0, 0.1) is 5.41 Å². The molecule has 0 radical (unpaired) electrons. The van der Waals surface area contributed by atoms with Gasteiger partial charge in [0.1, 0.15) is 0 Å². The van der Waals surface area contributed by atoms with Crippen molar-refractivity contribution in [3.05, 3.63) is 30.2 Å². The van der Waals surface area contributed by atoms with Crippen LogP contribution in [0.1, 0.15) is 26.2 Å². The van der Waals surface area contributed by atoms with E-state index in [1.54, 1.807) is 11.8 Å². The van der Waals surface area contributed by atoms with Gasteiger partial charge in [0.15, 0.2) is 0 Å². The predicted octanol–water partition coefficient (Wildman–Crippen LogP) is 3.50. The largest absolute Gasteiger partial charge is 0.481 e. The summed E-state index contributed by atoms with van der Waals surface area (Å²) in [7, 11) is 0. The van der Waals surface area contributed by atoms with E-state index < -0.39 is 11.4 Å². The molecule has 0 aliphatic heterocycles. The average Bonchev–Trinajstić information content (AvgIpc) is 2.85. The van der Waals surface area contributed by atoms with Crippen molar-refractivity contribution in [2.24, 2.45) is 5.41 Å². The van der Waals surface area contributed by atoms with Crippen molar-refractivity contribution in [1.82, 2.24) is 10.1 Å². The van der Waals surface area contributed by atoms with Crippen LogP contribution in [-0.2, 0) is 11.2 Å². The summed E-state index contributed by atoms with van der Waals surface area (Å²) in [5, 5.41) is 12.9. The second-order valence-corrected chi connectivity index (χ2v) is 6.53. The second kappa shape index (κ2) is 6.30. The first kappa shape index (κ1) is 15.6. The smallest absolute Gasteiger partial charge is 0.303 e. The van der Waals surface area contributed by atoms with Crippen LogP contribution in [0.15, 0.2) is 33.7 Å². The Balaban J connectivity index is 2.12. The molecule has 0 bridgehead atoms. The highest BCUT2D eigenvalue weighted by Crippen LogP contribution is 2.27. The zero-order valence-corrected chi connectivity index (χ0v) is 13.1. The summed E-state index contributed by atoms with van der Waals surface area (Å²) in [6.07, 6.45) is 2.52. The summed E-state index contributed by atoms with van der Waals surface area (Å²) >= 11 is 1.67. The maximum Gasteiger partial charge on any atom is 0.303 e. The van der Waals surface area contributed by atoms with Crippen molar-refractivity contribution in [1.29, 1.82) is 0 Å². The number of carboxylic acid groups (broad SMARTS) is 1. The molecule has 5 nitrogen and oxygen atoms in total. The Bertz CT molecular complexity index is 620. The molecule has 0 saturated heterocycles. The fraction of sp³-hybridized carbons (Fsp3) is 0.400. The van der Waals surface area contributed by atoms with Crippen LogP contribution >= 0.6 is 11.8 Å². The number of aliphatic carboxylic acids is 1. The van der Waals surface area contributed by atoms with E-state index in [-0.39, 0.29) is 6.42 Å². The van der Waals surface area contributed by atoms with Crippen molar-refractivity contribution in [2.75, 3.05) is 6.26 Å². The van der Waals surface area contributed by atoms with Gasteiger partial charge in [-0.2, -0.15) is 4.98 Å². The van der Waals surface area contributed by atoms with Crippen molar-refractivity contribution in [3.63, 3.8) is 0 Å². The van der Waals surface area contributed by atoms with Gasteiger partial charge in [0.2, 0.25) is 11.7 Å². The number of aromatic nitrogens is 2. The third kappa shape index (κ3) is 4.32. The fourth-order valence-corrected chi connectivity index (χ4v) is 2.47. The topological polar surface area (TPSA) is 76.2 Å². The average molecular weight is 306 g/mol. The molecule has 0 atom stereocenters. The van der Waals surface area contributed by atoms with E-state index in [1.165, 1.54) is 4.90 Å². The molecular weight excluding hydrogens is 288 g/mol. The lowest BCUT2D eigenvalue weighted by molar-refractivity contribution is -0.139. The molecule has 1 heterocycles. The quantitative estimate of drug-likeness (QED) is 0.823. The molecule has 0 aliphatic carbocycles. The molecule has 2 rings (SSSR count). The zero-order valence-electron chi connectivity index (χ0n) is 12.3. The van der Waals surface area contributed by atoms with Crippen molar-refractivity contribution < 1.29 is 14.4 Å². The van der Waals surface area contributed by atoms with Crippen LogP contribution in [0.5, 0.6) is 0 Å². The lowest BCUT2D eigenvalue weighted by atomic mass is 9.86. The third-order valence-electron chi connectivity index (χ3n) is 3.08. The van der Waals surface area contributed by atoms with E-state index in [1.807, 2.05) is 44.4 Å². The fourth-order valence-electron chi connectivity index (χ4n) is 2.07. The summed E-state index contributed by atoms with van der Waals surface area (Å²) in [4.78, 5) is 16.3. The van der Waals surface area contributed by atoms with Gasteiger partial charge >= 0.3 is 5.97 Å². The van der Waals surface area contributed by atoms with E-state index >= 15 is 0 Å². The van der Waals surface area contributed by atoms with Gasteiger partial charge < -0.3 is 9.63 Å².